The summed E-state index contributed by atoms with van der Waals surface area (Å²) >= 11 is 0. The zero-order valence-corrected chi connectivity index (χ0v) is 5.05. The first-order valence-electron chi connectivity index (χ1n) is 2.85. The molecule has 0 saturated carbocycles. The molecule has 0 aromatic carbocycles. The molecule has 1 unspecified atom stereocenters. The molecule has 1 fully saturated rings. The SMILES string of the molecule is C=C1CCNC1C(=O)O. The van der Waals surface area contributed by atoms with Crippen molar-refractivity contribution in [3.05, 3.63) is 12.2 Å². The van der Waals surface area contributed by atoms with Crippen LogP contribution in [0.25, 0.3) is 0 Å². The van der Waals surface area contributed by atoms with E-state index in [-0.39, 0.29) is 0 Å². The largest absolute Gasteiger partial charge is 0.480 e. The minimum atomic E-state index is -0.822. The van der Waals surface area contributed by atoms with E-state index in [9.17, 15) is 4.79 Å². The van der Waals surface area contributed by atoms with Crippen LogP contribution in [0.3, 0.4) is 0 Å². The van der Waals surface area contributed by atoms with E-state index in [0.717, 1.165) is 18.5 Å². The van der Waals surface area contributed by atoms with Gasteiger partial charge in [-0.2, -0.15) is 0 Å². The van der Waals surface area contributed by atoms with E-state index in [4.69, 9.17) is 5.11 Å². The second-order valence-electron chi connectivity index (χ2n) is 2.13. The Labute approximate surface area is 53.4 Å². The van der Waals surface area contributed by atoms with Crippen molar-refractivity contribution >= 4 is 5.97 Å². The lowest BCUT2D eigenvalue weighted by atomic mass is 10.1. The van der Waals surface area contributed by atoms with E-state index in [1.54, 1.807) is 0 Å². The highest BCUT2D eigenvalue weighted by Gasteiger charge is 2.24. The molecular weight excluding hydrogens is 118 g/mol. The van der Waals surface area contributed by atoms with E-state index in [1.807, 2.05) is 0 Å². The van der Waals surface area contributed by atoms with E-state index >= 15 is 0 Å². The summed E-state index contributed by atoms with van der Waals surface area (Å²) in [6, 6.07) is -0.495. The maximum absolute atomic E-state index is 10.3. The molecule has 0 bridgehead atoms. The van der Waals surface area contributed by atoms with Gasteiger partial charge in [-0.05, 0) is 12.0 Å². The number of carboxylic acid groups (broad SMARTS) is 1. The highest BCUT2D eigenvalue weighted by Crippen LogP contribution is 2.10. The van der Waals surface area contributed by atoms with Gasteiger partial charge in [-0.1, -0.05) is 6.58 Å². The predicted octanol–water partition coefficient (Wildman–Crippen LogP) is -0.0109. The van der Waals surface area contributed by atoms with E-state index in [0.29, 0.717) is 0 Å². The molecule has 3 nitrogen and oxygen atoms in total. The molecule has 1 aliphatic heterocycles. The van der Waals surface area contributed by atoms with Gasteiger partial charge in [-0.25, -0.2) is 0 Å². The third-order valence-corrected chi connectivity index (χ3v) is 1.45. The van der Waals surface area contributed by atoms with Gasteiger partial charge in [-0.3, -0.25) is 4.79 Å². The van der Waals surface area contributed by atoms with Crippen LogP contribution in [0.15, 0.2) is 12.2 Å². The Balaban J connectivity index is 2.60. The summed E-state index contributed by atoms with van der Waals surface area (Å²) in [5.74, 6) is -0.822. The second kappa shape index (κ2) is 2.19. The van der Waals surface area contributed by atoms with Crippen LogP contribution in [0.5, 0.6) is 0 Å². The number of aliphatic carboxylic acids is 1. The lowest BCUT2D eigenvalue weighted by Gasteiger charge is -2.02. The first kappa shape index (κ1) is 6.29. The third-order valence-electron chi connectivity index (χ3n) is 1.45. The van der Waals surface area contributed by atoms with Gasteiger partial charge in [0.15, 0.2) is 0 Å². The quantitative estimate of drug-likeness (QED) is 0.487. The smallest absolute Gasteiger partial charge is 0.324 e. The van der Waals surface area contributed by atoms with Gasteiger partial charge in [0, 0.05) is 6.54 Å². The Bertz CT molecular complexity index is 153. The van der Waals surface area contributed by atoms with Crippen molar-refractivity contribution in [2.45, 2.75) is 12.5 Å². The zero-order valence-electron chi connectivity index (χ0n) is 5.05. The number of carboxylic acids is 1. The van der Waals surface area contributed by atoms with Crippen LogP contribution in [-0.2, 0) is 4.79 Å². The zero-order chi connectivity index (χ0) is 6.85. The number of hydrogen-bond acceptors (Lipinski definition) is 2. The standard InChI is InChI=1S/C6H9NO2/c1-4-2-3-7-5(4)6(8)9/h5,7H,1-3H2,(H,8,9). The topological polar surface area (TPSA) is 49.3 Å². The predicted molar refractivity (Wildman–Crippen MR) is 33.2 cm³/mol. The van der Waals surface area contributed by atoms with Gasteiger partial charge in [0.2, 0.25) is 0 Å². The number of nitrogens with one attached hydrogen (secondary N) is 1. The molecule has 50 valence electrons. The van der Waals surface area contributed by atoms with Crippen LogP contribution in [0.4, 0.5) is 0 Å². The van der Waals surface area contributed by atoms with Crippen molar-refractivity contribution in [3.63, 3.8) is 0 Å². The van der Waals surface area contributed by atoms with Gasteiger partial charge < -0.3 is 10.4 Å². The number of hydrogen-bond donors (Lipinski definition) is 2. The summed E-state index contributed by atoms with van der Waals surface area (Å²) in [5.41, 5.74) is 0.780. The Morgan fingerprint density at radius 1 is 1.89 bits per heavy atom. The first-order chi connectivity index (χ1) is 4.22. The van der Waals surface area contributed by atoms with Gasteiger partial charge in [0.25, 0.3) is 0 Å². The Morgan fingerprint density at radius 2 is 2.56 bits per heavy atom. The molecule has 0 aromatic heterocycles. The lowest BCUT2D eigenvalue weighted by molar-refractivity contribution is -0.138. The minimum absolute atomic E-state index is 0.495. The molecule has 1 atom stereocenters. The third kappa shape index (κ3) is 1.10. The molecular formula is C6H9NO2. The highest BCUT2D eigenvalue weighted by molar-refractivity contribution is 5.77. The molecule has 3 heteroatoms. The van der Waals surface area contributed by atoms with Crippen LogP contribution < -0.4 is 5.32 Å². The van der Waals surface area contributed by atoms with Crippen LogP contribution in [0.1, 0.15) is 6.42 Å². The molecule has 1 rings (SSSR count). The van der Waals surface area contributed by atoms with Crippen molar-refractivity contribution in [2.75, 3.05) is 6.54 Å². The van der Waals surface area contributed by atoms with Gasteiger partial charge >= 0.3 is 5.97 Å². The maximum atomic E-state index is 10.3. The van der Waals surface area contributed by atoms with Crippen molar-refractivity contribution in [2.24, 2.45) is 0 Å². The Morgan fingerprint density at radius 3 is 2.78 bits per heavy atom. The molecule has 1 aliphatic rings. The molecule has 1 heterocycles. The molecule has 0 aromatic rings. The van der Waals surface area contributed by atoms with Crippen molar-refractivity contribution in [3.8, 4) is 0 Å². The Kier molecular flexibility index (Phi) is 1.53. The van der Waals surface area contributed by atoms with Crippen LogP contribution in [0, 0.1) is 0 Å². The monoisotopic (exact) mass is 127 g/mol. The molecule has 1 saturated heterocycles. The molecule has 0 aliphatic carbocycles. The van der Waals surface area contributed by atoms with Crippen molar-refractivity contribution in [1.29, 1.82) is 0 Å². The molecule has 0 amide bonds. The van der Waals surface area contributed by atoms with Crippen LogP contribution in [-0.4, -0.2) is 23.7 Å². The first-order valence-corrected chi connectivity index (χ1v) is 2.85. The molecule has 0 spiro atoms. The Hall–Kier alpha value is -0.830. The summed E-state index contributed by atoms with van der Waals surface area (Å²) in [5, 5.41) is 11.3. The summed E-state index contributed by atoms with van der Waals surface area (Å²) in [7, 11) is 0. The second-order valence-corrected chi connectivity index (χ2v) is 2.13. The van der Waals surface area contributed by atoms with Crippen molar-refractivity contribution < 1.29 is 9.90 Å². The summed E-state index contributed by atoms with van der Waals surface area (Å²) < 4.78 is 0. The van der Waals surface area contributed by atoms with Crippen LogP contribution >= 0.6 is 0 Å². The number of carbonyl (C=O) groups is 1. The van der Waals surface area contributed by atoms with Crippen molar-refractivity contribution in [1.82, 2.24) is 5.32 Å². The summed E-state index contributed by atoms with van der Waals surface area (Å²) in [4.78, 5) is 10.3. The highest BCUT2D eigenvalue weighted by atomic mass is 16.4. The van der Waals surface area contributed by atoms with E-state index < -0.39 is 12.0 Å². The minimum Gasteiger partial charge on any atom is -0.480 e. The van der Waals surface area contributed by atoms with Crippen LogP contribution in [0.2, 0.25) is 0 Å². The van der Waals surface area contributed by atoms with E-state index in [2.05, 4.69) is 11.9 Å². The number of rotatable bonds is 1. The summed E-state index contributed by atoms with van der Waals surface area (Å²) in [6.45, 7) is 4.36. The fourth-order valence-corrected chi connectivity index (χ4v) is 0.928. The van der Waals surface area contributed by atoms with Gasteiger partial charge in [0.1, 0.15) is 6.04 Å². The summed E-state index contributed by atoms with van der Waals surface area (Å²) in [6.07, 6.45) is 0.789. The van der Waals surface area contributed by atoms with E-state index in [1.165, 1.54) is 0 Å². The molecule has 0 radical (unpaired) electrons. The van der Waals surface area contributed by atoms with Gasteiger partial charge in [0.05, 0.1) is 0 Å². The molecule has 2 N–H and O–H groups in total. The molecule has 9 heavy (non-hydrogen) atoms. The van der Waals surface area contributed by atoms with Gasteiger partial charge in [-0.15, -0.1) is 0 Å². The average molecular weight is 127 g/mol. The fraction of sp³-hybridized carbons (Fsp3) is 0.500. The normalized spacial score (nSPS) is 26.7. The average Bonchev–Trinajstić information content (AvgIpc) is 2.13. The fourth-order valence-electron chi connectivity index (χ4n) is 0.928. The lowest BCUT2D eigenvalue weighted by Crippen LogP contribution is -2.31. The maximum Gasteiger partial charge on any atom is 0.324 e.